The lowest BCUT2D eigenvalue weighted by Crippen LogP contribution is -2.33. The first-order valence-corrected chi connectivity index (χ1v) is 8.81. The van der Waals surface area contributed by atoms with E-state index in [0.717, 1.165) is 19.4 Å². The summed E-state index contributed by atoms with van der Waals surface area (Å²) in [6.45, 7) is 5.47. The third-order valence-corrected chi connectivity index (χ3v) is 4.97. The van der Waals surface area contributed by atoms with Gasteiger partial charge in [-0.1, -0.05) is 36.8 Å². The molecule has 1 aromatic carbocycles. The molecule has 108 valence electrons. The number of rotatable bonds is 7. The summed E-state index contributed by atoms with van der Waals surface area (Å²) in [5.74, 6) is 0. The summed E-state index contributed by atoms with van der Waals surface area (Å²) < 4.78 is 1.22. The average molecular weight is 352 g/mol. The average Bonchev–Trinajstić information content (AvgIpc) is 2.81. The van der Waals surface area contributed by atoms with E-state index < -0.39 is 0 Å². The van der Waals surface area contributed by atoms with Crippen LogP contribution in [0.2, 0.25) is 0 Å². The van der Waals surface area contributed by atoms with Crippen molar-refractivity contribution in [1.29, 1.82) is 0 Å². The Morgan fingerprint density at radius 3 is 2.70 bits per heavy atom. The van der Waals surface area contributed by atoms with Crippen molar-refractivity contribution < 1.29 is 0 Å². The number of thiophene rings is 1. The normalized spacial score (nSPS) is 12.6. The standard InChI is InChI=1S/C17H22BrNS/c1-3-9-19-15(12-16-7-8-17(18)20-16)11-14-6-4-5-13(2)10-14/h4-8,10,15,19H,3,9,11-12H2,1-2H3. The van der Waals surface area contributed by atoms with Gasteiger partial charge in [-0.25, -0.2) is 0 Å². The maximum Gasteiger partial charge on any atom is 0.0701 e. The first-order chi connectivity index (χ1) is 9.67. The minimum atomic E-state index is 0.516. The quantitative estimate of drug-likeness (QED) is 0.742. The topological polar surface area (TPSA) is 12.0 Å². The highest BCUT2D eigenvalue weighted by molar-refractivity contribution is 9.11. The second-order valence-electron chi connectivity index (χ2n) is 5.25. The van der Waals surface area contributed by atoms with Crippen molar-refractivity contribution in [3.63, 3.8) is 0 Å². The third-order valence-electron chi connectivity index (χ3n) is 3.32. The van der Waals surface area contributed by atoms with E-state index in [1.807, 2.05) is 11.3 Å². The fourth-order valence-electron chi connectivity index (χ4n) is 2.39. The van der Waals surface area contributed by atoms with E-state index in [9.17, 15) is 0 Å². The fourth-order valence-corrected chi connectivity index (χ4v) is 3.96. The molecule has 1 heterocycles. The van der Waals surface area contributed by atoms with Crippen LogP contribution in [0.1, 0.15) is 29.3 Å². The molecule has 2 aromatic rings. The van der Waals surface area contributed by atoms with Gasteiger partial charge in [0.15, 0.2) is 0 Å². The summed E-state index contributed by atoms with van der Waals surface area (Å²) in [6, 6.07) is 13.7. The van der Waals surface area contributed by atoms with E-state index in [1.165, 1.54) is 26.2 Å². The summed E-state index contributed by atoms with van der Waals surface area (Å²) >= 11 is 5.39. The Morgan fingerprint density at radius 2 is 2.05 bits per heavy atom. The molecule has 1 unspecified atom stereocenters. The van der Waals surface area contributed by atoms with Gasteiger partial charge in [0.1, 0.15) is 0 Å². The molecule has 0 bridgehead atoms. The Kier molecular flexibility index (Phi) is 6.27. The summed E-state index contributed by atoms with van der Waals surface area (Å²) in [5.41, 5.74) is 2.77. The minimum absolute atomic E-state index is 0.516. The molecule has 0 amide bonds. The van der Waals surface area contributed by atoms with E-state index in [2.05, 4.69) is 71.5 Å². The second-order valence-corrected chi connectivity index (χ2v) is 7.80. The van der Waals surface area contributed by atoms with Crippen molar-refractivity contribution in [3.8, 4) is 0 Å². The van der Waals surface area contributed by atoms with Crippen molar-refractivity contribution in [1.82, 2.24) is 5.32 Å². The largest absolute Gasteiger partial charge is 0.313 e. The zero-order valence-corrected chi connectivity index (χ0v) is 14.6. The van der Waals surface area contributed by atoms with E-state index in [4.69, 9.17) is 0 Å². The molecule has 1 aromatic heterocycles. The minimum Gasteiger partial charge on any atom is -0.313 e. The van der Waals surface area contributed by atoms with Crippen molar-refractivity contribution >= 4 is 27.3 Å². The zero-order chi connectivity index (χ0) is 14.4. The summed E-state index contributed by atoms with van der Waals surface area (Å²) in [4.78, 5) is 1.44. The van der Waals surface area contributed by atoms with Gasteiger partial charge in [-0.3, -0.25) is 0 Å². The SMILES string of the molecule is CCCNC(Cc1cccc(C)c1)Cc1ccc(Br)s1. The maximum absolute atomic E-state index is 3.69. The van der Waals surface area contributed by atoms with Crippen LogP contribution in [-0.4, -0.2) is 12.6 Å². The first kappa shape index (κ1) is 15.7. The number of nitrogens with one attached hydrogen (secondary N) is 1. The molecule has 0 spiro atoms. The van der Waals surface area contributed by atoms with Gasteiger partial charge >= 0.3 is 0 Å². The van der Waals surface area contributed by atoms with Gasteiger partial charge in [0.05, 0.1) is 3.79 Å². The van der Waals surface area contributed by atoms with Crippen LogP contribution in [0, 0.1) is 6.92 Å². The highest BCUT2D eigenvalue weighted by atomic mass is 79.9. The molecule has 0 saturated heterocycles. The molecule has 0 fully saturated rings. The molecule has 0 aliphatic heterocycles. The Labute approximate surface area is 134 Å². The van der Waals surface area contributed by atoms with Crippen molar-refractivity contribution in [2.75, 3.05) is 6.54 Å². The lowest BCUT2D eigenvalue weighted by atomic mass is 10.0. The summed E-state index contributed by atoms with van der Waals surface area (Å²) in [6.07, 6.45) is 3.37. The molecule has 0 radical (unpaired) electrons. The van der Waals surface area contributed by atoms with E-state index in [-0.39, 0.29) is 0 Å². The van der Waals surface area contributed by atoms with Crippen LogP contribution in [0.5, 0.6) is 0 Å². The van der Waals surface area contributed by atoms with Crippen molar-refractivity contribution in [2.45, 2.75) is 39.2 Å². The van der Waals surface area contributed by atoms with Gasteiger partial charge in [-0.05, 0) is 66.4 Å². The fraction of sp³-hybridized carbons (Fsp3) is 0.412. The molecule has 0 aliphatic carbocycles. The predicted molar refractivity (Wildman–Crippen MR) is 92.7 cm³/mol. The molecule has 2 rings (SSSR count). The smallest absolute Gasteiger partial charge is 0.0701 e. The second kappa shape index (κ2) is 7.96. The van der Waals surface area contributed by atoms with Gasteiger partial charge in [0, 0.05) is 10.9 Å². The van der Waals surface area contributed by atoms with Gasteiger partial charge in [0.25, 0.3) is 0 Å². The van der Waals surface area contributed by atoms with Crippen molar-refractivity contribution in [2.24, 2.45) is 0 Å². The summed E-state index contributed by atoms with van der Waals surface area (Å²) in [5, 5.41) is 3.69. The Bertz CT molecular complexity index is 535. The number of aryl methyl sites for hydroxylation is 1. The number of benzene rings is 1. The lowest BCUT2D eigenvalue weighted by Gasteiger charge is -2.18. The molecule has 3 heteroatoms. The first-order valence-electron chi connectivity index (χ1n) is 7.20. The third kappa shape index (κ3) is 5.04. The predicted octanol–water partition coefficient (Wildman–Crippen LogP) is 4.97. The molecule has 0 aliphatic rings. The van der Waals surface area contributed by atoms with E-state index in [1.54, 1.807) is 0 Å². The van der Waals surface area contributed by atoms with E-state index >= 15 is 0 Å². The lowest BCUT2D eigenvalue weighted by molar-refractivity contribution is 0.507. The van der Waals surface area contributed by atoms with Gasteiger partial charge < -0.3 is 5.32 Å². The van der Waals surface area contributed by atoms with Crippen LogP contribution in [-0.2, 0) is 12.8 Å². The van der Waals surface area contributed by atoms with Gasteiger partial charge in [0.2, 0.25) is 0 Å². The molecular formula is C17H22BrNS. The number of hydrogen-bond acceptors (Lipinski definition) is 2. The van der Waals surface area contributed by atoms with E-state index in [0.29, 0.717) is 6.04 Å². The molecule has 1 N–H and O–H groups in total. The molecule has 20 heavy (non-hydrogen) atoms. The monoisotopic (exact) mass is 351 g/mol. The number of halogens is 1. The molecule has 1 nitrogen and oxygen atoms in total. The maximum atomic E-state index is 3.69. The molecule has 0 saturated carbocycles. The zero-order valence-electron chi connectivity index (χ0n) is 12.2. The van der Waals surface area contributed by atoms with Crippen LogP contribution < -0.4 is 5.32 Å². The van der Waals surface area contributed by atoms with Crippen LogP contribution >= 0.6 is 27.3 Å². The van der Waals surface area contributed by atoms with Crippen LogP contribution in [0.15, 0.2) is 40.2 Å². The summed E-state index contributed by atoms with van der Waals surface area (Å²) in [7, 11) is 0. The Balaban J connectivity index is 2.02. The van der Waals surface area contributed by atoms with Crippen molar-refractivity contribution in [3.05, 3.63) is 56.2 Å². The Morgan fingerprint density at radius 1 is 1.20 bits per heavy atom. The Hall–Kier alpha value is -0.640. The number of hydrogen-bond donors (Lipinski definition) is 1. The van der Waals surface area contributed by atoms with Gasteiger partial charge in [-0.15, -0.1) is 11.3 Å². The highest BCUT2D eigenvalue weighted by Crippen LogP contribution is 2.23. The van der Waals surface area contributed by atoms with Crippen LogP contribution in [0.3, 0.4) is 0 Å². The highest BCUT2D eigenvalue weighted by Gasteiger charge is 2.11. The molecule has 1 atom stereocenters. The van der Waals surface area contributed by atoms with Crippen LogP contribution in [0.25, 0.3) is 0 Å². The van der Waals surface area contributed by atoms with Crippen LogP contribution in [0.4, 0.5) is 0 Å². The molecular weight excluding hydrogens is 330 g/mol. The van der Waals surface area contributed by atoms with Gasteiger partial charge in [-0.2, -0.15) is 0 Å².